The number of benzene rings is 1. The van der Waals surface area contributed by atoms with Crippen molar-refractivity contribution < 1.29 is 27.3 Å². The van der Waals surface area contributed by atoms with Gasteiger partial charge in [0.25, 0.3) is 10.1 Å². The van der Waals surface area contributed by atoms with E-state index in [1.165, 1.54) is 31.0 Å². The van der Waals surface area contributed by atoms with Gasteiger partial charge in [0, 0.05) is 18.9 Å². The maximum atomic E-state index is 11.9. The molecule has 0 saturated heterocycles. The van der Waals surface area contributed by atoms with Crippen molar-refractivity contribution in [3.63, 3.8) is 0 Å². The molecule has 1 unspecified atom stereocenters. The Morgan fingerprint density at radius 3 is 2.43 bits per heavy atom. The summed E-state index contributed by atoms with van der Waals surface area (Å²) >= 11 is 0. The summed E-state index contributed by atoms with van der Waals surface area (Å²) in [6, 6.07) is 5.36. The van der Waals surface area contributed by atoms with Gasteiger partial charge in [-0.25, -0.2) is 0 Å². The molecule has 158 valence electrons. The van der Waals surface area contributed by atoms with E-state index in [-0.39, 0.29) is 24.1 Å². The van der Waals surface area contributed by atoms with Crippen LogP contribution < -0.4 is 10.1 Å². The third kappa shape index (κ3) is 9.85. The largest absolute Gasteiger partial charge is 0.425 e. The lowest BCUT2D eigenvalue weighted by molar-refractivity contribution is -0.134. The minimum atomic E-state index is -4.46. The predicted octanol–water partition coefficient (Wildman–Crippen LogP) is 3.87. The number of hydrogen-bond acceptors (Lipinski definition) is 5. The first-order valence-electron chi connectivity index (χ1n) is 9.80. The molecule has 28 heavy (non-hydrogen) atoms. The molecule has 0 aliphatic heterocycles. The smallest absolute Gasteiger partial charge is 0.311 e. The highest BCUT2D eigenvalue weighted by molar-refractivity contribution is 7.86. The number of rotatable bonds is 13. The summed E-state index contributed by atoms with van der Waals surface area (Å²) in [6.07, 6.45) is 7.17. The molecule has 0 bridgehead atoms. The topological polar surface area (TPSA) is 110 Å². The number of unbranched alkanes of at least 4 members (excludes halogenated alkanes) is 4. The van der Waals surface area contributed by atoms with E-state index in [0.29, 0.717) is 19.3 Å². The SMILES string of the molecule is CCCCCCCC(=O)NC(C)CCCC(=O)Oc1ccccc1S(=O)(=O)O. The maximum Gasteiger partial charge on any atom is 0.311 e. The zero-order chi connectivity index (χ0) is 21.0. The molecule has 1 rings (SSSR count). The minimum Gasteiger partial charge on any atom is -0.425 e. The van der Waals surface area contributed by atoms with Crippen molar-refractivity contribution in [3.8, 4) is 5.75 Å². The van der Waals surface area contributed by atoms with Gasteiger partial charge in [0.1, 0.15) is 4.90 Å². The van der Waals surface area contributed by atoms with E-state index in [4.69, 9.17) is 9.29 Å². The minimum absolute atomic E-state index is 0.0219. The lowest BCUT2D eigenvalue weighted by Crippen LogP contribution is -2.32. The van der Waals surface area contributed by atoms with E-state index in [1.54, 1.807) is 0 Å². The van der Waals surface area contributed by atoms with Crippen LogP contribution in [0.4, 0.5) is 0 Å². The number of esters is 1. The molecule has 1 amide bonds. The molecule has 0 radical (unpaired) electrons. The fourth-order valence-corrected chi connectivity index (χ4v) is 3.40. The third-order valence-electron chi connectivity index (χ3n) is 4.28. The zero-order valence-electron chi connectivity index (χ0n) is 16.6. The second-order valence-corrected chi connectivity index (χ2v) is 8.31. The van der Waals surface area contributed by atoms with Crippen LogP contribution in [-0.2, 0) is 19.7 Å². The van der Waals surface area contributed by atoms with Gasteiger partial charge >= 0.3 is 5.97 Å². The molecule has 1 aromatic rings. The maximum absolute atomic E-state index is 11.9. The van der Waals surface area contributed by atoms with Crippen molar-refractivity contribution in [2.45, 2.75) is 82.6 Å². The second kappa shape index (κ2) is 12.5. The summed E-state index contributed by atoms with van der Waals surface area (Å²) in [5, 5.41) is 2.92. The number of para-hydroxylation sites is 1. The highest BCUT2D eigenvalue weighted by Crippen LogP contribution is 2.23. The fourth-order valence-electron chi connectivity index (χ4n) is 2.78. The molecular formula is C20H31NO6S. The molecule has 0 spiro atoms. The molecule has 0 aliphatic carbocycles. The first-order chi connectivity index (χ1) is 13.2. The van der Waals surface area contributed by atoms with Gasteiger partial charge in [-0.15, -0.1) is 0 Å². The van der Waals surface area contributed by atoms with E-state index < -0.39 is 21.0 Å². The van der Waals surface area contributed by atoms with Gasteiger partial charge in [-0.3, -0.25) is 14.1 Å². The van der Waals surface area contributed by atoms with E-state index in [1.807, 2.05) is 6.92 Å². The van der Waals surface area contributed by atoms with Crippen molar-refractivity contribution in [1.82, 2.24) is 5.32 Å². The molecular weight excluding hydrogens is 382 g/mol. The highest BCUT2D eigenvalue weighted by atomic mass is 32.2. The average Bonchev–Trinajstić information content (AvgIpc) is 2.61. The van der Waals surface area contributed by atoms with Crippen LogP contribution in [0.3, 0.4) is 0 Å². The monoisotopic (exact) mass is 413 g/mol. The Labute approximate surface area is 167 Å². The van der Waals surface area contributed by atoms with Gasteiger partial charge in [0.15, 0.2) is 5.75 Å². The first-order valence-corrected chi connectivity index (χ1v) is 11.2. The summed E-state index contributed by atoms with van der Waals surface area (Å²) in [6.45, 7) is 4.03. The number of carbonyl (C=O) groups excluding carboxylic acids is 2. The summed E-state index contributed by atoms with van der Waals surface area (Å²) in [7, 11) is -4.46. The average molecular weight is 414 g/mol. The zero-order valence-corrected chi connectivity index (χ0v) is 17.5. The summed E-state index contributed by atoms with van der Waals surface area (Å²) in [5.41, 5.74) is 0. The molecule has 1 aromatic carbocycles. The van der Waals surface area contributed by atoms with Crippen LogP contribution in [-0.4, -0.2) is 30.9 Å². The van der Waals surface area contributed by atoms with Gasteiger partial charge in [-0.1, -0.05) is 44.7 Å². The van der Waals surface area contributed by atoms with Crippen LogP contribution in [0.15, 0.2) is 29.2 Å². The van der Waals surface area contributed by atoms with Crippen molar-refractivity contribution in [1.29, 1.82) is 0 Å². The quantitative estimate of drug-likeness (QED) is 0.220. The number of amides is 1. The van der Waals surface area contributed by atoms with Crippen LogP contribution in [0.1, 0.15) is 71.6 Å². The Morgan fingerprint density at radius 2 is 1.75 bits per heavy atom. The summed E-state index contributed by atoms with van der Waals surface area (Å²) < 4.78 is 36.8. The van der Waals surface area contributed by atoms with E-state index >= 15 is 0 Å². The van der Waals surface area contributed by atoms with E-state index in [9.17, 15) is 18.0 Å². The molecule has 1 atom stereocenters. The predicted molar refractivity (Wildman–Crippen MR) is 107 cm³/mol. The van der Waals surface area contributed by atoms with Crippen LogP contribution in [0.2, 0.25) is 0 Å². The molecule has 8 heteroatoms. The van der Waals surface area contributed by atoms with Crippen molar-refractivity contribution in [2.24, 2.45) is 0 Å². The highest BCUT2D eigenvalue weighted by Gasteiger charge is 2.18. The molecule has 0 aliphatic rings. The van der Waals surface area contributed by atoms with Crippen molar-refractivity contribution in [2.75, 3.05) is 0 Å². The van der Waals surface area contributed by atoms with Crippen molar-refractivity contribution in [3.05, 3.63) is 24.3 Å². The van der Waals surface area contributed by atoms with Crippen LogP contribution in [0.25, 0.3) is 0 Å². The van der Waals surface area contributed by atoms with E-state index in [0.717, 1.165) is 25.3 Å². The molecule has 0 aromatic heterocycles. The van der Waals surface area contributed by atoms with Crippen LogP contribution >= 0.6 is 0 Å². The standard InChI is InChI=1S/C20H31NO6S/c1-3-4-5-6-7-14-19(22)21-16(2)11-10-15-20(23)27-17-12-8-9-13-18(17)28(24,25)26/h8-9,12-13,16H,3-7,10-11,14-15H2,1-2H3,(H,21,22)(H,24,25,26). The Bertz CT molecular complexity index is 732. The Kier molecular flexibility index (Phi) is 10.8. The van der Waals surface area contributed by atoms with Gasteiger partial charge in [-0.05, 0) is 38.3 Å². The second-order valence-electron chi connectivity index (χ2n) is 6.92. The molecule has 0 fully saturated rings. The number of carbonyl (C=O) groups is 2. The van der Waals surface area contributed by atoms with Crippen molar-refractivity contribution >= 4 is 22.0 Å². The summed E-state index contributed by atoms with van der Waals surface area (Å²) in [5.74, 6) is -0.765. The fraction of sp³-hybridized carbons (Fsp3) is 0.600. The van der Waals surface area contributed by atoms with Gasteiger partial charge in [0.2, 0.25) is 5.91 Å². The van der Waals surface area contributed by atoms with Gasteiger partial charge in [0.05, 0.1) is 0 Å². The molecule has 0 saturated carbocycles. The van der Waals surface area contributed by atoms with Gasteiger partial charge in [-0.2, -0.15) is 8.42 Å². The lowest BCUT2D eigenvalue weighted by Gasteiger charge is -2.14. The number of ether oxygens (including phenoxy) is 1. The lowest BCUT2D eigenvalue weighted by atomic mass is 10.1. The molecule has 7 nitrogen and oxygen atoms in total. The first kappa shape index (κ1) is 24.1. The third-order valence-corrected chi connectivity index (χ3v) is 5.18. The normalized spacial score (nSPS) is 12.4. The number of nitrogens with one attached hydrogen (secondary N) is 1. The molecule has 2 N–H and O–H groups in total. The Morgan fingerprint density at radius 1 is 1.07 bits per heavy atom. The Hall–Kier alpha value is -1.93. The Balaban J connectivity index is 2.30. The molecule has 0 heterocycles. The van der Waals surface area contributed by atoms with E-state index in [2.05, 4.69) is 12.2 Å². The van der Waals surface area contributed by atoms with Crippen LogP contribution in [0.5, 0.6) is 5.75 Å². The van der Waals surface area contributed by atoms with Gasteiger partial charge < -0.3 is 10.1 Å². The van der Waals surface area contributed by atoms with Crippen LogP contribution in [0, 0.1) is 0 Å². The number of hydrogen-bond donors (Lipinski definition) is 2. The summed E-state index contributed by atoms with van der Waals surface area (Å²) in [4.78, 5) is 23.4.